The molecule has 144 valence electrons. The van der Waals surface area contributed by atoms with Crippen molar-refractivity contribution in [3.8, 4) is 5.75 Å². The number of hydrogen-bond donors (Lipinski definition) is 2. The van der Waals surface area contributed by atoms with E-state index in [-0.39, 0.29) is 6.04 Å². The lowest BCUT2D eigenvalue weighted by atomic mass is 9.79. The zero-order chi connectivity index (χ0) is 19.6. The number of phenols is 1. The van der Waals surface area contributed by atoms with Gasteiger partial charge in [0, 0.05) is 18.2 Å². The maximum absolute atomic E-state index is 12.1. The molecule has 1 atom stereocenters. The summed E-state index contributed by atoms with van der Waals surface area (Å²) in [6.07, 6.45) is 1.94. The molecule has 1 fully saturated rings. The Morgan fingerprint density at radius 2 is 1.54 bits per heavy atom. The summed E-state index contributed by atoms with van der Waals surface area (Å²) in [6.45, 7) is 3.50. The first-order valence-corrected chi connectivity index (χ1v) is 9.95. The van der Waals surface area contributed by atoms with Gasteiger partial charge in [-0.15, -0.1) is 0 Å². The quantitative estimate of drug-likeness (QED) is 0.687. The SMILES string of the molecule is Cc1ccc(CN2CCC[C@@H]2C(O)(c2ccccc2)c2ccccc2)c(O)c1. The lowest BCUT2D eigenvalue weighted by Crippen LogP contribution is -2.48. The van der Waals surface area contributed by atoms with E-state index in [9.17, 15) is 10.2 Å². The summed E-state index contributed by atoms with van der Waals surface area (Å²) >= 11 is 0. The minimum Gasteiger partial charge on any atom is -0.508 e. The Morgan fingerprint density at radius 3 is 2.11 bits per heavy atom. The predicted octanol–water partition coefficient (Wildman–Crippen LogP) is 4.60. The van der Waals surface area contributed by atoms with E-state index in [0.717, 1.165) is 41.6 Å². The van der Waals surface area contributed by atoms with Crippen molar-refractivity contribution in [2.24, 2.45) is 0 Å². The Morgan fingerprint density at radius 1 is 0.929 bits per heavy atom. The lowest BCUT2D eigenvalue weighted by molar-refractivity contribution is -0.00672. The van der Waals surface area contributed by atoms with Gasteiger partial charge in [0.2, 0.25) is 0 Å². The largest absolute Gasteiger partial charge is 0.508 e. The molecule has 1 heterocycles. The van der Waals surface area contributed by atoms with E-state index in [4.69, 9.17) is 0 Å². The minimum absolute atomic E-state index is 0.0574. The fourth-order valence-corrected chi connectivity index (χ4v) is 4.45. The zero-order valence-corrected chi connectivity index (χ0v) is 16.3. The first kappa shape index (κ1) is 18.7. The van der Waals surface area contributed by atoms with Gasteiger partial charge >= 0.3 is 0 Å². The molecule has 0 aliphatic carbocycles. The van der Waals surface area contributed by atoms with Crippen LogP contribution < -0.4 is 0 Å². The van der Waals surface area contributed by atoms with Crippen molar-refractivity contribution in [3.63, 3.8) is 0 Å². The molecule has 2 N–H and O–H groups in total. The third-order valence-corrected chi connectivity index (χ3v) is 5.89. The summed E-state index contributed by atoms with van der Waals surface area (Å²) in [5.41, 5.74) is 2.67. The van der Waals surface area contributed by atoms with Crippen LogP contribution >= 0.6 is 0 Å². The van der Waals surface area contributed by atoms with Crippen LogP contribution in [0.1, 0.15) is 35.1 Å². The molecule has 1 saturated heterocycles. The van der Waals surface area contributed by atoms with Gasteiger partial charge in [0.25, 0.3) is 0 Å². The van der Waals surface area contributed by atoms with Gasteiger partial charge in [0.05, 0.1) is 0 Å². The summed E-state index contributed by atoms with van der Waals surface area (Å²) in [5, 5.41) is 22.5. The average Bonchev–Trinajstić information content (AvgIpc) is 3.19. The molecule has 0 aromatic heterocycles. The molecule has 0 radical (unpaired) electrons. The van der Waals surface area contributed by atoms with Gasteiger partial charge in [-0.25, -0.2) is 0 Å². The minimum atomic E-state index is -1.10. The maximum Gasteiger partial charge on any atom is 0.130 e. The first-order chi connectivity index (χ1) is 13.6. The molecule has 3 aromatic carbocycles. The van der Waals surface area contributed by atoms with Crippen LogP contribution in [0, 0.1) is 6.92 Å². The molecule has 0 bridgehead atoms. The first-order valence-electron chi connectivity index (χ1n) is 9.95. The second kappa shape index (κ2) is 7.78. The van der Waals surface area contributed by atoms with Crippen LogP contribution in [0.5, 0.6) is 5.75 Å². The number of likely N-dealkylation sites (tertiary alicyclic amines) is 1. The molecule has 28 heavy (non-hydrogen) atoms. The Balaban J connectivity index is 1.73. The third-order valence-electron chi connectivity index (χ3n) is 5.89. The van der Waals surface area contributed by atoms with Gasteiger partial charge in [-0.2, -0.15) is 0 Å². The predicted molar refractivity (Wildman–Crippen MR) is 112 cm³/mol. The Kier molecular flexibility index (Phi) is 5.21. The number of rotatable bonds is 5. The zero-order valence-electron chi connectivity index (χ0n) is 16.3. The molecule has 1 aliphatic rings. The van der Waals surface area contributed by atoms with Crippen molar-refractivity contribution in [2.75, 3.05) is 6.54 Å². The van der Waals surface area contributed by atoms with Crippen molar-refractivity contribution in [3.05, 3.63) is 101 Å². The normalized spacial score (nSPS) is 17.7. The Bertz CT molecular complexity index is 884. The van der Waals surface area contributed by atoms with Crippen LogP contribution in [-0.2, 0) is 12.1 Å². The molecule has 4 rings (SSSR count). The number of aromatic hydroxyl groups is 1. The van der Waals surface area contributed by atoms with E-state index in [1.54, 1.807) is 6.07 Å². The monoisotopic (exact) mass is 373 g/mol. The van der Waals surface area contributed by atoms with Crippen molar-refractivity contribution < 1.29 is 10.2 Å². The van der Waals surface area contributed by atoms with Crippen LogP contribution in [0.3, 0.4) is 0 Å². The smallest absolute Gasteiger partial charge is 0.130 e. The summed E-state index contributed by atoms with van der Waals surface area (Å²) in [4.78, 5) is 2.31. The molecule has 0 spiro atoms. The van der Waals surface area contributed by atoms with Gasteiger partial charge in [0.15, 0.2) is 0 Å². The van der Waals surface area contributed by atoms with Gasteiger partial charge in [-0.05, 0) is 49.1 Å². The number of aliphatic hydroxyl groups is 1. The van der Waals surface area contributed by atoms with E-state index < -0.39 is 5.60 Å². The molecule has 0 saturated carbocycles. The molecular formula is C25H27NO2. The van der Waals surface area contributed by atoms with Crippen LogP contribution in [0.4, 0.5) is 0 Å². The number of aryl methyl sites for hydroxylation is 1. The number of hydrogen-bond acceptors (Lipinski definition) is 3. The standard InChI is InChI=1S/C25H27NO2/c1-19-14-15-20(23(27)17-19)18-26-16-8-13-24(26)25(28,21-9-4-2-5-10-21)22-11-6-3-7-12-22/h2-7,9-12,14-15,17,24,27-28H,8,13,16,18H2,1H3/t24-/m1/s1. The molecule has 3 heteroatoms. The highest BCUT2D eigenvalue weighted by Gasteiger charge is 2.45. The molecular weight excluding hydrogens is 346 g/mol. The van der Waals surface area contributed by atoms with E-state index in [1.807, 2.05) is 79.7 Å². The average molecular weight is 373 g/mol. The van der Waals surface area contributed by atoms with Crippen molar-refractivity contribution >= 4 is 0 Å². The van der Waals surface area contributed by atoms with Crippen molar-refractivity contribution in [2.45, 2.75) is 38.0 Å². The van der Waals surface area contributed by atoms with Crippen LogP contribution in [0.2, 0.25) is 0 Å². The van der Waals surface area contributed by atoms with Crippen LogP contribution in [-0.4, -0.2) is 27.7 Å². The molecule has 0 unspecified atom stereocenters. The summed E-state index contributed by atoms with van der Waals surface area (Å²) in [7, 11) is 0. The number of nitrogens with zero attached hydrogens (tertiary/aromatic N) is 1. The summed E-state index contributed by atoms with van der Waals surface area (Å²) in [5.74, 6) is 0.327. The molecule has 1 aliphatic heterocycles. The molecule has 3 aromatic rings. The molecule has 3 nitrogen and oxygen atoms in total. The van der Waals surface area contributed by atoms with E-state index in [0.29, 0.717) is 12.3 Å². The highest BCUT2D eigenvalue weighted by atomic mass is 16.3. The Labute approximate surface area is 166 Å². The van der Waals surface area contributed by atoms with Gasteiger partial charge in [0.1, 0.15) is 11.4 Å². The number of phenolic OH excluding ortho intramolecular Hbond substituents is 1. The highest BCUT2D eigenvalue weighted by Crippen LogP contribution is 2.41. The van der Waals surface area contributed by atoms with E-state index in [1.165, 1.54) is 0 Å². The number of benzene rings is 3. The van der Waals surface area contributed by atoms with E-state index in [2.05, 4.69) is 4.90 Å². The maximum atomic E-state index is 12.1. The summed E-state index contributed by atoms with van der Waals surface area (Å²) in [6, 6.07) is 25.7. The topological polar surface area (TPSA) is 43.7 Å². The highest BCUT2D eigenvalue weighted by molar-refractivity contribution is 5.40. The second-order valence-corrected chi connectivity index (χ2v) is 7.76. The summed E-state index contributed by atoms with van der Waals surface area (Å²) < 4.78 is 0. The molecule has 0 amide bonds. The van der Waals surface area contributed by atoms with Crippen molar-refractivity contribution in [1.82, 2.24) is 4.90 Å². The Hall–Kier alpha value is -2.62. The van der Waals surface area contributed by atoms with Crippen LogP contribution in [0.25, 0.3) is 0 Å². The van der Waals surface area contributed by atoms with Gasteiger partial charge < -0.3 is 10.2 Å². The van der Waals surface area contributed by atoms with Crippen molar-refractivity contribution in [1.29, 1.82) is 0 Å². The fourth-order valence-electron chi connectivity index (χ4n) is 4.45. The van der Waals surface area contributed by atoms with Gasteiger partial charge in [-0.1, -0.05) is 72.8 Å². The van der Waals surface area contributed by atoms with Crippen LogP contribution in [0.15, 0.2) is 78.9 Å². The lowest BCUT2D eigenvalue weighted by Gasteiger charge is -2.40. The van der Waals surface area contributed by atoms with E-state index >= 15 is 0 Å². The fraction of sp³-hybridized carbons (Fsp3) is 0.280. The van der Waals surface area contributed by atoms with Gasteiger partial charge in [-0.3, -0.25) is 4.90 Å². The third kappa shape index (κ3) is 3.44. The second-order valence-electron chi connectivity index (χ2n) is 7.76.